The van der Waals surface area contributed by atoms with Crippen LogP contribution in [0.5, 0.6) is 11.5 Å². The van der Waals surface area contributed by atoms with Crippen molar-refractivity contribution in [3.8, 4) is 11.5 Å². The van der Waals surface area contributed by atoms with Gasteiger partial charge >= 0.3 is 0 Å². The van der Waals surface area contributed by atoms with E-state index < -0.39 is 11.6 Å². The molecule has 2 rings (SSSR count). The standard InChI is InChI=1S/C26H34Cl2N2O4/c1-7-21(25(32)29-26(2,3)4)30(16-18-19(27)9-8-10-20(18)28)24(31)14-12-17-11-13-22(33-5)23(15-17)34-6/h8-11,13,15,21H,7,12,14,16H2,1-6H3,(H,29,32). The van der Waals surface area contributed by atoms with Gasteiger partial charge in [-0.05, 0) is 63.4 Å². The number of nitrogens with zero attached hydrogens (tertiary/aromatic N) is 1. The summed E-state index contributed by atoms with van der Waals surface area (Å²) in [5.74, 6) is 0.847. The number of aryl methyl sites for hydroxylation is 1. The van der Waals surface area contributed by atoms with Gasteiger partial charge in [0.15, 0.2) is 11.5 Å². The minimum Gasteiger partial charge on any atom is -0.493 e. The molecule has 0 heterocycles. The van der Waals surface area contributed by atoms with Crippen molar-refractivity contribution in [3.63, 3.8) is 0 Å². The van der Waals surface area contributed by atoms with Crippen LogP contribution < -0.4 is 14.8 Å². The van der Waals surface area contributed by atoms with E-state index >= 15 is 0 Å². The fourth-order valence-corrected chi connectivity index (χ4v) is 4.17. The third kappa shape index (κ3) is 7.54. The Morgan fingerprint density at radius 2 is 1.65 bits per heavy atom. The van der Waals surface area contributed by atoms with Gasteiger partial charge in [0.05, 0.1) is 14.2 Å². The largest absolute Gasteiger partial charge is 0.493 e. The zero-order chi connectivity index (χ0) is 25.5. The molecule has 0 aliphatic carbocycles. The van der Waals surface area contributed by atoms with Gasteiger partial charge in [0, 0.05) is 34.1 Å². The predicted molar refractivity (Wildman–Crippen MR) is 137 cm³/mol. The van der Waals surface area contributed by atoms with Crippen molar-refractivity contribution in [2.75, 3.05) is 14.2 Å². The Hall–Kier alpha value is -2.44. The van der Waals surface area contributed by atoms with E-state index in [0.717, 1.165) is 5.56 Å². The number of rotatable bonds is 10. The first-order valence-corrected chi connectivity index (χ1v) is 12.0. The van der Waals surface area contributed by atoms with E-state index in [0.29, 0.717) is 39.9 Å². The van der Waals surface area contributed by atoms with Crippen LogP contribution in [-0.2, 0) is 22.6 Å². The van der Waals surface area contributed by atoms with E-state index in [1.54, 1.807) is 37.3 Å². The molecule has 0 spiro atoms. The molecule has 0 fully saturated rings. The molecule has 0 saturated heterocycles. The minimum atomic E-state index is -0.663. The summed E-state index contributed by atoms with van der Waals surface area (Å²) in [5, 5.41) is 3.90. The summed E-state index contributed by atoms with van der Waals surface area (Å²) in [4.78, 5) is 28.2. The molecule has 2 aromatic rings. The van der Waals surface area contributed by atoms with Crippen LogP contribution in [0, 0.1) is 0 Å². The Morgan fingerprint density at radius 3 is 2.18 bits per heavy atom. The Labute approximate surface area is 212 Å². The van der Waals surface area contributed by atoms with Crippen molar-refractivity contribution in [2.24, 2.45) is 0 Å². The van der Waals surface area contributed by atoms with Crippen LogP contribution in [0.1, 0.15) is 51.7 Å². The van der Waals surface area contributed by atoms with Gasteiger partial charge in [-0.2, -0.15) is 0 Å². The molecule has 1 atom stereocenters. The third-order valence-corrected chi connectivity index (χ3v) is 6.06. The molecule has 34 heavy (non-hydrogen) atoms. The van der Waals surface area contributed by atoms with Crippen molar-refractivity contribution in [1.29, 1.82) is 0 Å². The van der Waals surface area contributed by atoms with Crippen molar-refractivity contribution in [2.45, 2.75) is 65.1 Å². The lowest BCUT2D eigenvalue weighted by Gasteiger charge is -2.33. The quantitative estimate of drug-likeness (QED) is 0.449. The van der Waals surface area contributed by atoms with Gasteiger partial charge in [0.1, 0.15) is 6.04 Å². The molecule has 6 nitrogen and oxygen atoms in total. The van der Waals surface area contributed by atoms with Crippen LogP contribution in [0.4, 0.5) is 0 Å². The summed E-state index contributed by atoms with van der Waals surface area (Å²) in [6.07, 6.45) is 1.13. The number of carbonyl (C=O) groups excluding carboxylic acids is 2. The Bertz CT molecular complexity index is 985. The Balaban J connectivity index is 2.32. The minimum absolute atomic E-state index is 0.138. The molecule has 2 amide bonds. The summed E-state index contributed by atoms with van der Waals surface area (Å²) in [5.41, 5.74) is 1.11. The third-order valence-electron chi connectivity index (χ3n) is 5.35. The van der Waals surface area contributed by atoms with E-state index in [1.165, 1.54) is 0 Å². The van der Waals surface area contributed by atoms with E-state index in [-0.39, 0.29) is 24.8 Å². The van der Waals surface area contributed by atoms with Gasteiger partial charge < -0.3 is 19.7 Å². The molecule has 0 saturated carbocycles. The molecule has 1 unspecified atom stereocenters. The molecule has 0 radical (unpaired) electrons. The summed E-state index contributed by atoms with van der Waals surface area (Å²) in [7, 11) is 3.15. The second kappa shape index (κ2) is 12.3. The molecule has 2 aromatic carbocycles. The van der Waals surface area contributed by atoms with Crippen LogP contribution in [-0.4, -0.2) is 42.5 Å². The highest BCUT2D eigenvalue weighted by Gasteiger charge is 2.31. The topological polar surface area (TPSA) is 67.9 Å². The SMILES string of the molecule is CCC(C(=O)NC(C)(C)C)N(Cc1c(Cl)cccc1Cl)C(=O)CCc1ccc(OC)c(OC)c1. The molecular weight excluding hydrogens is 475 g/mol. The molecule has 1 N–H and O–H groups in total. The highest BCUT2D eigenvalue weighted by atomic mass is 35.5. The fraction of sp³-hybridized carbons (Fsp3) is 0.462. The summed E-state index contributed by atoms with van der Waals surface area (Å²) < 4.78 is 10.7. The normalized spacial score (nSPS) is 12.1. The monoisotopic (exact) mass is 508 g/mol. The lowest BCUT2D eigenvalue weighted by molar-refractivity contribution is -0.142. The highest BCUT2D eigenvalue weighted by Crippen LogP contribution is 2.29. The first kappa shape index (κ1) is 27.8. The lowest BCUT2D eigenvalue weighted by Crippen LogP contribution is -2.53. The number of halogens is 2. The number of amides is 2. The maximum absolute atomic E-state index is 13.5. The van der Waals surface area contributed by atoms with E-state index in [9.17, 15) is 9.59 Å². The van der Waals surface area contributed by atoms with Crippen LogP contribution in [0.2, 0.25) is 10.0 Å². The fourth-order valence-electron chi connectivity index (χ4n) is 3.66. The predicted octanol–water partition coefficient (Wildman–Crippen LogP) is 5.67. The van der Waals surface area contributed by atoms with E-state index in [4.69, 9.17) is 32.7 Å². The van der Waals surface area contributed by atoms with Crippen molar-refractivity contribution >= 4 is 35.0 Å². The maximum Gasteiger partial charge on any atom is 0.243 e. The van der Waals surface area contributed by atoms with Gasteiger partial charge in [-0.1, -0.05) is 42.3 Å². The number of carbonyl (C=O) groups is 2. The molecule has 0 bridgehead atoms. The van der Waals surface area contributed by atoms with Crippen molar-refractivity contribution in [1.82, 2.24) is 10.2 Å². The van der Waals surface area contributed by atoms with E-state index in [1.807, 2.05) is 45.9 Å². The average Bonchev–Trinajstić information content (AvgIpc) is 2.77. The van der Waals surface area contributed by atoms with Gasteiger partial charge in [-0.25, -0.2) is 0 Å². The van der Waals surface area contributed by atoms with E-state index in [2.05, 4.69) is 5.32 Å². The first-order chi connectivity index (χ1) is 16.0. The second-order valence-corrected chi connectivity index (χ2v) is 9.89. The zero-order valence-electron chi connectivity index (χ0n) is 20.7. The van der Waals surface area contributed by atoms with Crippen LogP contribution in [0.3, 0.4) is 0 Å². The van der Waals surface area contributed by atoms with Crippen molar-refractivity contribution < 1.29 is 19.1 Å². The molecule has 0 aromatic heterocycles. The number of methoxy groups -OCH3 is 2. The number of hydrogen-bond donors (Lipinski definition) is 1. The van der Waals surface area contributed by atoms with Crippen LogP contribution in [0.25, 0.3) is 0 Å². The van der Waals surface area contributed by atoms with Gasteiger partial charge in [0.2, 0.25) is 11.8 Å². The number of ether oxygens (including phenoxy) is 2. The van der Waals surface area contributed by atoms with Gasteiger partial charge in [-0.3, -0.25) is 9.59 Å². The average molecular weight is 509 g/mol. The number of benzene rings is 2. The zero-order valence-corrected chi connectivity index (χ0v) is 22.2. The Kier molecular flexibility index (Phi) is 10.1. The van der Waals surface area contributed by atoms with Crippen molar-refractivity contribution in [3.05, 3.63) is 57.6 Å². The highest BCUT2D eigenvalue weighted by molar-refractivity contribution is 6.36. The van der Waals surface area contributed by atoms with Crippen LogP contribution >= 0.6 is 23.2 Å². The van der Waals surface area contributed by atoms with Gasteiger partial charge in [0.25, 0.3) is 0 Å². The smallest absolute Gasteiger partial charge is 0.243 e. The Morgan fingerprint density at radius 1 is 1.03 bits per heavy atom. The van der Waals surface area contributed by atoms with Gasteiger partial charge in [-0.15, -0.1) is 0 Å². The number of nitrogens with one attached hydrogen (secondary N) is 1. The summed E-state index contributed by atoms with van der Waals surface area (Å²) in [6.45, 7) is 7.75. The molecule has 0 aliphatic rings. The van der Waals surface area contributed by atoms with Crippen LogP contribution in [0.15, 0.2) is 36.4 Å². The molecule has 186 valence electrons. The molecular formula is C26H34Cl2N2O4. The second-order valence-electron chi connectivity index (χ2n) is 9.07. The molecule has 8 heteroatoms. The lowest BCUT2D eigenvalue weighted by atomic mass is 10.0. The maximum atomic E-state index is 13.5. The molecule has 0 aliphatic heterocycles. The summed E-state index contributed by atoms with van der Waals surface area (Å²) >= 11 is 12.8. The first-order valence-electron chi connectivity index (χ1n) is 11.3. The summed E-state index contributed by atoms with van der Waals surface area (Å²) in [6, 6.07) is 10.1. The number of hydrogen-bond acceptors (Lipinski definition) is 4.